The van der Waals surface area contributed by atoms with Crippen LogP contribution < -0.4 is 5.32 Å². The van der Waals surface area contributed by atoms with Crippen LogP contribution in [0.5, 0.6) is 0 Å². The third-order valence-electron chi connectivity index (χ3n) is 3.56. The largest absolute Gasteiger partial charge is 0.317 e. The van der Waals surface area contributed by atoms with Crippen molar-refractivity contribution < 1.29 is 0 Å². The number of nitrogens with one attached hydrogen (secondary N) is 1. The fraction of sp³-hybridized carbons (Fsp3) is 0.917. The highest BCUT2D eigenvalue weighted by Crippen LogP contribution is 2.41. The number of nitrogens with zero attached hydrogens (tertiary/aromatic N) is 1. The van der Waals surface area contributed by atoms with E-state index < -0.39 is 0 Å². The zero-order valence-corrected chi connectivity index (χ0v) is 10.1. The maximum atomic E-state index is 9.37. The first-order valence-corrected chi connectivity index (χ1v) is 7.02. The first-order valence-electron chi connectivity index (χ1n) is 6.14. The summed E-state index contributed by atoms with van der Waals surface area (Å²) in [5, 5.41) is 13.5. The van der Waals surface area contributed by atoms with Gasteiger partial charge in [-0.2, -0.15) is 5.26 Å². The minimum atomic E-state index is -0.0622. The van der Waals surface area contributed by atoms with Crippen molar-refractivity contribution >= 4 is 11.8 Å². The molecule has 1 aliphatic heterocycles. The molecule has 2 nitrogen and oxygen atoms in total. The molecule has 2 fully saturated rings. The van der Waals surface area contributed by atoms with Gasteiger partial charge in [0.05, 0.1) is 6.07 Å². The van der Waals surface area contributed by atoms with Crippen molar-refractivity contribution in [2.75, 3.05) is 13.1 Å². The predicted octanol–water partition coefficient (Wildman–Crippen LogP) is 2.70. The summed E-state index contributed by atoms with van der Waals surface area (Å²) in [6, 6.07) is 2.59. The average Bonchev–Trinajstić information content (AvgIpc) is 2.32. The minimum absolute atomic E-state index is 0.0622. The lowest BCUT2D eigenvalue weighted by Crippen LogP contribution is -2.39. The van der Waals surface area contributed by atoms with Crippen molar-refractivity contribution in [3.63, 3.8) is 0 Å². The summed E-state index contributed by atoms with van der Waals surface area (Å²) in [5.41, 5.74) is 0. The van der Waals surface area contributed by atoms with E-state index >= 15 is 0 Å². The molecule has 0 atom stereocenters. The Bertz CT molecular complexity index is 234. The molecule has 1 saturated carbocycles. The first-order chi connectivity index (χ1) is 7.35. The standard InChI is InChI=1S/C12H20N2S/c13-10-12(6-8-14-9-7-12)15-11-4-2-1-3-5-11/h11,14H,1-9H2. The molecule has 1 aliphatic carbocycles. The monoisotopic (exact) mass is 224 g/mol. The topological polar surface area (TPSA) is 35.8 Å². The molecule has 0 bridgehead atoms. The molecular formula is C12H20N2S. The maximum absolute atomic E-state index is 9.37. The highest BCUT2D eigenvalue weighted by molar-refractivity contribution is 8.01. The van der Waals surface area contributed by atoms with Crippen LogP contribution in [0, 0.1) is 11.3 Å². The molecule has 1 N–H and O–H groups in total. The van der Waals surface area contributed by atoms with Crippen molar-refractivity contribution in [3.05, 3.63) is 0 Å². The average molecular weight is 224 g/mol. The van der Waals surface area contributed by atoms with Crippen molar-refractivity contribution in [3.8, 4) is 6.07 Å². The molecule has 84 valence electrons. The van der Waals surface area contributed by atoms with Gasteiger partial charge in [-0.1, -0.05) is 19.3 Å². The Hall–Kier alpha value is -0.200. The van der Waals surface area contributed by atoms with Gasteiger partial charge in [-0.05, 0) is 38.8 Å². The van der Waals surface area contributed by atoms with Crippen LogP contribution in [0.1, 0.15) is 44.9 Å². The van der Waals surface area contributed by atoms with E-state index in [9.17, 15) is 5.26 Å². The van der Waals surface area contributed by atoms with E-state index in [4.69, 9.17) is 0 Å². The molecule has 3 heteroatoms. The van der Waals surface area contributed by atoms with E-state index in [1.165, 1.54) is 32.1 Å². The Balaban J connectivity index is 1.91. The number of hydrogen-bond acceptors (Lipinski definition) is 3. The van der Waals surface area contributed by atoms with Gasteiger partial charge in [-0.3, -0.25) is 0 Å². The zero-order valence-electron chi connectivity index (χ0n) is 9.30. The quantitative estimate of drug-likeness (QED) is 0.783. The molecule has 0 spiro atoms. The van der Waals surface area contributed by atoms with Gasteiger partial charge in [0.1, 0.15) is 4.75 Å². The molecule has 0 unspecified atom stereocenters. The summed E-state index contributed by atoms with van der Waals surface area (Å²) in [4.78, 5) is 0. The Kier molecular flexibility index (Phi) is 3.93. The number of hydrogen-bond donors (Lipinski definition) is 1. The number of rotatable bonds is 2. The van der Waals surface area contributed by atoms with Crippen LogP contribution in [0.2, 0.25) is 0 Å². The van der Waals surface area contributed by atoms with Gasteiger partial charge in [0.2, 0.25) is 0 Å². The summed E-state index contributed by atoms with van der Waals surface area (Å²) in [7, 11) is 0. The summed E-state index contributed by atoms with van der Waals surface area (Å²) in [6.07, 6.45) is 8.88. The Morgan fingerprint density at radius 1 is 1.13 bits per heavy atom. The highest BCUT2D eigenvalue weighted by Gasteiger charge is 2.35. The van der Waals surface area contributed by atoms with Crippen LogP contribution in [-0.4, -0.2) is 23.1 Å². The molecule has 1 heterocycles. The SMILES string of the molecule is N#CC1(SC2CCCCC2)CCNCC1. The Morgan fingerprint density at radius 2 is 1.80 bits per heavy atom. The molecule has 0 amide bonds. The smallest absolute Gasteiger partial charge is 0.105 e. The fourth-order valence-electron chi connectivity index (χ4n) is 2.59. The van der Waals surface area contributed by atoms with Gasteiger partial charge in [-0.25, -0.2) is 0 Å². The molecule has 2 rings (SSSR count). The first kappa shape index (κ1) is 11.3. The fourth-order valence-corrected chi connectivity index (χ4v) is 4.29. The summed E-state index contributed by atoms with van der Waals surface area (Å²) in [5.74, 6) is 0. The normalized spacial score (nSPS) is 27.1. The molecule has 0 aromatic heterocycles. The molecule has 0 aromatic rings. The third-order valence-corrected chi connectivity index (χ3v) is 5.31. The van der Waals surface area contributed by atoms with Gasteiger partial charge < -0.3 is 5.32 Å². The number of thioether (sulfide) groups is 1. The van der Waals surface area contributed by atoms with Crippen LogP contribution in [0.3, 0.4) is 0 Å². The van der Waals surface area contributed by atoms with Gasteiger partial charge in [0, 0.05) is 5.25 Å². The summed E-state index contributed by atoms with van der Waals surface area (Å²) in [6.45, 7) is 2.04. The zero-order chi connectivity index (χ0) is 10.6. The number of nitriles is 1. The van der Waals surface area contributed by atoms with E-state index in [1.807, 2.05) is 11.8 Å². The second-order valence-electron chi connectivity index (χ2n) is 4.73. The molecule has 0 radical (unpaired) electrons. The van der Waals surface area contributed by atoms with Crippen LogP contribution in [0.15, 0.2) is 0 Å². The van der Waals surface area contributed by atoms with Crippen molar-refractivity contribution in [1.29, 1.82) is 5.26 Å². The molecule has 2 aliphatic rings. The lowest BCUT2D eigenvalue weighted by atomic mass is 9.98. The molecular weight excluding hydrogens is 204 g/mol. The molecule has 0 aromatic carbocycles. The lowest BCUT2D eigenvalue weighted by Gasteiger charge is -2.35. The second-order valence-corrected chi connectivity index (χ2v) is 6.42. The Labute approximate surface area is 96.8 Å². The Morgan fingerprint density at radius 3 is 2.40 bits per heavy atom. The van der Waals surface area contributed by atoms with Gasteiger partial charge in [0.15, 0.2) is 0 Å². The maximum Gasteiger partial charge on any atom is 0.105 e. The molecule has 15 heavy (non-hydrogen) atoms. The van der Waals surface area contributed by atoms with Crippen LogP contribution >= 0.6 is 11.8 Å². The molecule has 1 saturated heterocycles. The van der Waals surface area contributed by atoms with E-state index in [1.54, 1.807) is 0 Å². The second kappa shape index (κ2) is 5.23. The van der Waals surface area contributed by atoms with Gasteiger partial charge in [-0.15, -0.1) is 11.8 Å². The van der Waals surface area contributed by atoms with Gasteiger partial charge in [0.25, 0.3) is 0 Å². The van der Waals surface area contributed by atoms with Crippen molar-refractivity contribution in [1.82, 2.24) is 5.32 Å². The summed E-state index contributed by atoms with van der Waals surface area (Å²) < 4.78 is -0.0622. The highest BCUT2D eigenvalue weighted by atomic mass is 32.2. The third kappa shape index (κ3) is 2.89. The van der Waals surface area contributed by atoms with E-state index in [-0.39, 0.29) is 4.75 Å². The lowest BCUT2D eigenvalue weighted by molar-refractivity contribution is 0.465. The predicted molar refractivity (Wildman–Crippen MR) is 64.9 cm³/mol. The van der Waals surface area contributed by atoms with Gasteiger partial charge >= 0.3 is 0 Å². The summed E-state index contributed by atoms with van der Waals surface area (Å²) >= 11 is 1.99. The van der Waals surface area contributed by atoms with Crippen LogP contribution in [0.4, 0.5) is 0 Å². The van der Waals surface area contributed by atoms with Crippen LogP contribution in [0.25, 0.3) is 0 Å². The van der Waals surface area contributed by atoms with Crippen molar-refractivity contribution in [2.45, 2.75) is 54.9 Å². The van der Waals surface area contributed by atoms with E-state index in [2.05, 4.69) is 11.4 Å². The minimum Gasteiger partial charge on any atom is -0.317 e. The van der Waals surface area contributed by atoms with E-state index in [0.29, 0.717) is 0 Å². The van der Waals surface area contributed by atoms with Crippen molar-refractivity contribution in [2.24, 2.45) is 0 Å². The number of piperidine rings is 1. The van der Waals surface area contributed by atoms with E-state index in [0.717, 1.165) is 31.2 Å². The van der Waals surface area contributed by atoms with Crippen LogP contribution in [-0.2, 0) is 0 Å².